The van der Waals surface area contributed by atoms with E-state index >= 15 is 0 Å². The van der Waals surface area contributed by atoms with Crippen molar-refractivity contribution in [2.75, 3.05) is 0 Å². The van der Waals surface area contributed by atoms with Gasteiger partial charge in [0.1, 0.15) is 12.7 Å². The molecule has 2 rings (SSSR count). The van der Waals surface area contributed by atoms with Crippen LogP contribution in [-0.2, 0) is 19.5 Å². The summed E-state index contributed by atoms with van der Waals surface area (Å²) in [5, 5.41) is 0.963. The van der Waals surface area contributed by atoms with Gasteiger partial charge in [-0.05, 0) is 20.6 Å². The Balaban J connectivity index is 0.000000284. The molecule has 2 aromatic heterocycles. The van der Waals surface area contributed by atoms with Crippen LogP contribution >= 0.6 is 46.4 Å². The largest absolute Gasteiger partial charge is 2.00 e. The van der Waals surface area contributed by atoms with E-state index in [1.165, 1.54) is 12.7 Å². The van der Waals surface area contributed by atoms with Crippen LogP contribution in [0.25, 0.3) is 0 Å². The molecule has 0 aliphatic heterocycles. The Morgan fingerprint density at radius 1 is 0.647 bits per heavy atom. The van der Waals surface area contributed by atoms with Gasteiger partial charge in [-0.1, -0.05) is 0 Å². The maximum atomic E-state index is 5.35. The smallest absolute Gasteiger partial charge is 0.393 e. The number of nitrogens with zero attached hydrogens (tertiary/aromatic N) is 4. The Bertz CT molecular complexity index is 393. The average Bonchev–Trinajstić information content (AvgIpc) is 2.17. The fourth-order valence-corrected chi connectivity index (χ4v) is 1.19. The SMILES string of the molecule is Clc1[c-]c(Cl)ncn1.Clc1[c-]c(Cl)ncn1.[Zn+2]. The van der Waals surface area contributed by atoms with Gasteiger partial charge in [-0.15, -0.1) is 46.4 Å². The zero-order valence-corrected chi connectivity index (χ0v) is 14.2. The predicted octanol–water partition coefficient (Wildman–Crippen LogP) is 3.16. The van der Waals surface area contributed by atoms with Crippen LogP contribution in [0.5, 0.6) is 0 Å². The summed E-state index contributed by atoms with van der Waals surface area (Å²) in [6.07, 6.45) is 2.56. The van der Waals surface area contributed by atoms with Crippen LogP contribution < -0.4 is 0 Å². The summed E-state index contributed by atoms with van der Waals surface area (Å²) in [5.41, 5.74) is 0. The van der Waals surface area contributed by atoms with Gasteiger partial charge in [-0.25, -0.2) is 0 Å². The van der Waals surface area contributed by atoms with Crippen LogP contribution in [0.3, 0.4) is 0 Å². The van der Waals surface area contributed by atoms with E-state index in [2.05, 4.69) is 32.1 Å². The number of halogens is 4. The average molecular weight is 361 g/mol. The molecule has 0 saturated heterocycles. The molecule has 84 valence electrons. The summed E-state index contributed by atoms with van der Waals surface area (Å²) in [4.78, 5) is 14.2. The van der Waals surface area contributed by atoms with Crippen molar-refractivity contribution in [2.24, 2.45) is 0 Å². The molecule has 0 saturated carbocycles. The molecule has 0 aliphatic rings. The summed E-state index contributed by atoms with van der Waals surface area (Å²) >= 11 is 21.4. The fraction of sp³-hybridized carbons (Fsp3) is 0. The minimum absolute atomic E-state index is 0. The number of rotatable bonds is 0. The summed E-state index contributed by atoms with van der Waals surface area (Å²) in [6, 6.07) is 4.96. The first kappa shape index (κ1) is 16.9. The maximum absolute atomic E-state index is 5.35. The van der Waals surface area contributed by atoms with Crippen molar-refractivity contribution in [3.8, 4) is 0 Å². The van der Waals surface area contributed by atoms with E-state index in [1.54, 1.807) is 0 Å². The van der Waals surface area contributed by atoms with Crippen molar-refractivity contribution >= 4 is 46.4 Å². The van der Waals surface area contributed by atoms with Gasteiger partial charge in [0.2, 0.25) is 0 Å². The van der Waals surface area contributed by atoms with Gasteiger partial charge >= 0.3 is 19.5 Å². The molecule has 2 aromatic rings. The quantitative estimate of drug-likeness (QED) is 0.411. The zero-order valence-electron chi connectivity index (χ0n) is 8.16. The topological polar surface area (TPSA) is 51.6 Å². The van der Waals surface area contributed by atoms with Crippen LogP contribution in [0.15, 0.2) is 12.7 Å². The van der Waals surface area contributed by atoms with E-state index in [4.69, 9.17) is 46.4 Å². The molecule has 0 amide bonds. The zero-order chi connectivity index (χ0) is 12.0. The Hall–Kier alpha value is -0.0566. The van der Waals surface area contributed by atoms with E-state index < -0.39 is 0 Å². The van der Waals surface area contributed by atoms with Crippen molar-refractivity contribution in [1.29, 1.82) is 0 Å². The molecular formula is C8H2Cl4N4Zn. The second-order valence-corrected chi connectivity index (χ2v) is 3.59. The molecule has 0 spiro atoms. The Morgan fingerprint density at radius 3 is 1.00 bits per heavy atom. The van der Waals surface area contributed by atoms with Crippen molar-refractivity contribution in [2.45, 2.75) is 0 Å². The van der Waals surface area contributed by atoms with Crippen molar-refractivity contribution in [3.63, 3.8) is 0 Å². The molecule has 0 aliphatic carbocycles. The summed E-state index contributed by atoms with van der Waals surface area (Å²) in [5.74, 6) is 0. The summed E-state index contributed by atoms with van der Waals surface area (Å²) in [6.45, 7) is 0. The van der Waals surface area contributed by atoms with Crippen molar-refractivity contribution in [1.82, 2.24) is 19.9 Å². The second-order valence-electron chi connectivity index (χ2n) is 2.16. The normalized spacial score (nSPS) is 8.71. The standard InChI is InChI=1S/2C4HCl2N2.Zn/c2*5-3-1-4(6)8-2-7-3;/h2*2H;/q2*-1;+2. The molecule has 0 unspecified atom stereocenters. The third-order valence-electron chi connectivity index (χ3n) is 1.10. The second kappa shape index (κ2) is 8.95. The van der Waals surface area contributed by atoms with Gasteiger partial charge < -0.3 is 12.1 Å². The van der Waals surface area contributed by atoms with Gasteiger partial charge in [0.15, 0.2) is 0 Å². The molecule has 0 N–H and O–H groups in total. The predicted molar refractivity (Wildman–Crippen MR) is 61.8 cm³/mol. The monoisotopic (exact) mass is 358 g/mol. The van der Waals surface area contributed by atoms with Gasteiger partial charge in [-0.3, -0.25) is 19.9 Å². The molecular weight excluding hydrogens is 359 g/mol. The molecule has 2 heterocycles. The van der Waals surface area contributed by atoms with Gasteiger partial charge in [-0.2, -0.15) is 0 Å². The van der Waals surface area contributed by atoms with Gasteiger partial charge in [0.25, 0.3) is 0 Å². The molecule has 0 fully saturated rings. The molecule has 17 heavy (non-hydrogen) atoms. The van der Waals surface area contributed by atoms with Gasteiger partial charge in [0.05, 0.1) is 0 Å². The number of hydrogen-bond acceptors (Lipinski definition) is 4. The number of aromatic nitrogens is 4. The molecule has 0 atom stereocenters. The Morgan fingerprint density at radius 2 is 0.882 bits per heavy atom. The van der Waals surface area contributed by atoms with Gasteiger partial charge in [0, 0.05) is 0 Å². The van der Waals surface area contributed by atoms with Crippen LogP contribution in [0, 0.1) is 12.1 Å². The first-order chi connectivity index (χ1) is 7.58. The van der Waals surface area contributed by atoms with E-state index in [1.807, 2.05) is 0 Å². The Labute approximate surface area is 130 Å². The number of hydrogen-bond donors (Lipinski definition) is 0. The van der Waals surface area contributed by atoms with E-state index in [9.17, 15) is 0 Å². The van der Waals surface area contributed by atoms with Crippen LogP contribution in [-0.4, -0.2) is 19.9 Å². The molecule has 4 nitrogen and oxygen atoms in total. The molecule has 0 radical (unpaired) electrons. The molecule has 0 aromatic carbocycles. The third-order valence-corrected chi connectivity index (χ3v) is 1.87. The van der Waals surface area contributed by atoms with E-state index in [0.717, 1.165) is 0 Å². The Kier molecular flexibility index (Phi) is 8.92. The van der Waals surface area contributed by atoms with Crippen molar-refractivity contribution < 1.29 is 19.5 Å². The first-order valence-electron chi connectivity index (χ1n) is 3.68. The van der Waals surface area contributed by atoms with Crippen LogP contribution in [0.2, 0.25) is 20.6 Å². The summed E-state index contributed by atoms with van der Waals surface area (Å²) in [7, 11) is 0. The fourth-order valence-electron chi connectivity index (χ4n) is 0.560. The van der Waals surface area contributed by atoms with Crippen LogP contribution in [0.4, 0.5) is 0 Å². The van der Waals surface area contributed by atoms with Crippen LogP contribution in [0.1, 0.15) is 0 Å². The summed E-state index contributed by atoms with van der Waals surface area (Å²) < 4.78 is 0. The maximum Gasteiger partial charge on any atom is 2.00 e. The minimum Gasteiger partial charge on any atom is -0.393 e. The minimum atomic E-state index is 0. The molecule has 0 bridgehead atoms. The van der Waals surface area contributed by atoms with Crippen molar-refractivity contribution in [3.05, 3.63) is 45.4 Å². The van der Waals surface area contributed by atoms with E-state index in [0.29, 0.717) is 0 Å². The third kappa shape index (κ3) is 7.79. The van der Waals surface area contributed by atoms with E-state index in [-0.39, 0.29) is 40.1 Å². The first-order valence-corrected chi connectivity index (χ1v) is 5.20. The molecule has 9 heteroatoms.